The van der Waals surface area contributed by atoms with Crippen LogP contribution in [0.5, 0.6) is 0 Å². The van der Waals surface area contributed by atoms with Crippen molar-refractivity contribution in [3.63, 3.8) is 0 Å². The van der Waals surface area contributed by atoms with Gasteiger partial charge in [-0.15, -0.1) is 0 Å². The van der Waals surface area contributed by atoms with E-state index in [9.17, 15) is 19.7 Å². The highest BCUT2D eigenvalue weighted by molar-refractivity contribution is 6.07. The van der Waals surface area contributed by atoms with Crippen molar-refractivity contribution in [2.24, 2.45) is 0 Å². The highest BCUT2D eigenvalue weighted by atomic mass is 16.6. The predicted molar refractivity (Wildman–Crippen MR) is 119 cm³/mol. The Balaban J connectivity index is 1.51. The monoisotopic (exact) mass is 444 g/mol. The molecular formula is C21H16N8O4. The third-order valence-electron chi connectivity index (χ3n) is 4.55. The topological polar surface area (TPSA) is 164 Å². The summed E-state index contributed by atoms with van der Waals surface area (Å²) in [5.74, 6) is -1.65. The molecule has 0 aliphatic carbocycles. The lowest BCUT2D eigenvalue weighted by Crippen LogP contribution is -2.32. The first-order valence-electron chi connectivity index (χ1n) is 9.54. The number of hydrogen-bond donors (Lipinski definition) is 4. The Morgan fingerprint density at radius 3 is 2.24 bits per heavy atom. The van der Waals surface area contributed by atoms with Gasteiger partial charge in [-0.05, 0) is 29.0 Å². The van der Waals surface area contributed by atoms with Crippen LogP contribution in [0.2, 0.25) is 0 Å². The van der Waals surface area contributed by atoms with Crippen molar-refractivity contribution in [2.45, 2.75) is 0 Å². The molecule has 0 bridgehead atoms. The number of anilines is 2. The van der Waals surface area contributed by atoms with Gasteiger partial charge in [0.2, 0.25) is 11.6 Å². The van der Waals surface area contributed by atoms with Crippen LogP contribution in [0, 0.1) is 10.1 Å². The molecule has 4 aromatic rings. The van der Waals surface area contributed by atoms with E-state index in [1.165, 1.54) is 18.5 Å². The number of hydrazine groups is 2. The summed E-state index contributed by atoms with van der Waals surface area (Å²) in [5, 5.41) is 13.2. The smallest absolute Gasteiger partial charge is 0.276 e. The third-order valence-corrected chi connectivity index (χ3v) is 4.55. The molecule has 4 N–H and O–H groups in total. The van der Waals surface area contributed by atoms with Gasteiger partial charge in [0, 0.05) is 18.0 Å². The number of amides is 2. The molecule has 0 atom stereocenters. The summed E-state index contributed by atoms with van der Waals surface area (Å²) in [6, 6.07) is 15.7. The number of pyridine rings is 1. The minimum atomic E-state index is -0.745. The number of rotatable bonds is 7. The van der Waals surface area contributed by atoms with Crippen LogP contribution >= 0.6 is 0 Å². The number of nitro groups is 1. The molecule has 0 saturated carbocycles. The van der Waals surface area contributed by atoms with Gasteiger partial charge in [-0.3, -0.25) is 46.4 Å². The number of aromatic nitrogens is 3. The summed E-state index contributed by atoms with van der Waals surface area (Å²) in [5.41, 5.74) is 9.62. The summed E-state index contributed by atoms with van der Waals surface area (Å²) < 4.78 is 0. The van der Waals surface area contributed by atoms with Crippen molar-refractivity contribution in [3.8, 4) is 0 Å². The maximum atomic E-state index is 12.7. The summed E-state index contributed by atoms with van der Waals surface area (Å²) in [6.45, 7) is 0. The fourth-order valence-electron chi connectivity index (χ4n) is 3.03. The molecule has 0 aliphatic heterocycles. The first-order valence-corrected chi connectivity index (χ1v) is 9.54. The van der Waals surface area contributed by atoms with Gasteiger partial charge in [-0.1, -0.05) is 36.4 Å². The molecule has 164 valence electrons. The minimum Gasteiger partial charge on any atom is -0.276 e. The van der Waals surface area contributed by atoms with Crippen LogP contribution in [0.1, 0.15) is 20.7 Å². The molecule has 0 unspecified atom stereocenters. The number of benzene rings is 2. The zero-order valence-electron chi connectivity index (χ0n) is 16.9. The number of fused-ring (bicyclic) bond motifs is 1. The Kier molecular flexibility index (Phi) is 5.98. The highest BCUT2D eigenvalue weighted by Crippen LogP contribution is 2.28. The zero-order valence-corrected chi connectivity index (χ0v) is 16.9. The van der Waals surface area contributed by atoms with Gasteiger partial charge in [0.1, 0.15) is 6.33 Å². The van der Waals surface area contributed by atoms with Gasteiger partial charge in [-0.25, -0.2) is 9.97 Å². The van der Waals surface area contributed by atoms with Crippen LogP contribution in [0.25, 0.3) is 10.8 Å². The Hall–Kier alpha value is -5.13. The van der Waals surface area contributed by atoms with Crippen LogP contribution in [0.3, 0.4) is 0 Å². The van der Waals surface area contributed by atoms with Crippen molar-refractivity contribution in [1.82, 2.24) is 25.8 Å². The summed E-state index contributed by atoms with van der Waals surface area (Å²) in [7, 11) is 0. The quantitative estimate of drug-likeness (QED) is 0.247. The van der Waals surface area contributed by atoms with Crippen molar-refractivity contribution in [1.29, 1.82) is 0 Å². The SMILES string of the molecule is O=C(NNc1ncnc(NNC(=O)c2cccc3ccccc23)c1[N+](=O)[O-])c1cccnc1. The van der Waals surface area contributed by atoms with Crippen molar-refractivity contribution >= 4 is 39.9 Å². The normalized spacial score (nSPS) is 10.3. The fraction of sp³-hybridized carbons (Fsp3) is 0. The first kappa shape index (κ1) is 21.1. The Morgan fingerprint density at radius 2 is 1.55 bits per heavy atom. The third kappa shape index (κ3) is 4.64. The molecule has 4 rings (SSSR count). The molecular weight excluding hydrogens is 428 g/mol. The lowest BCUT2D eigenvalue weighted by Gasteiger charge is -2.12. The van der Waals surface area contributed by atoms with Crippen LogP contribution in [-0.2, 0) is 0 Å². The van der Waals surface area contributed by atoms with Gasteiger partial charge >= 0.3 is 5.69 Å². The highest BCUT2D eigenvalue weighted by Gasteiger charge is 2.24. The second-order valence-corrected chi connectivity index (χ2v) is 6.60. The first-order chi connectivity index (χ1) is 16.0. The second-order valence-electron chi connectivity index (χ2n) is 6.60. The molecule has 2 amide bonds. The molecule has 2 aromatic heterocycles. The van der Waals surface area contributed by atoms with Crippen LogP contribution < -0.4 is 21.7 Å². The maximum absolute atomic E-state index is 12.7. The standard InChI is InChI=1S/C21H16N8O4/c30-20(14-7-4-10-22-11-14)27-25-18-17(29(32)33)19(24-12-23-18)26-28-21(31)16-9-3-6-13-5-1-2-8-15(13)16/h1-12H,(H,27,30)(H,28,31)(H2,23,24,25,26). The molecule has 0 radical (unpaired) electrons. The molecule has 12 nitrogen and oxygen atoms in total. The van der Waals surface area contributed by atoms with Gasteiger partial charge in [0.15, 0.2) is 0 Å². The number of carbonyl (C=O) groups is 2. The van der Waals surface area contributed by atoms with Gasteiger partial charge in [-0.2, -0.15) is 0 Å². The molecule has 12 heteroatoms. The van der Waals surface area contributed by atoms with Crippen molar-refractivity contribution < 1.29 is 14.5 Å². The summed E-state index contributed by atoms with van der Waals surface area (Å²) >= 11 is 0. The van der Waals surface area contributed by atoms with E-state index in [2.05, 4.69) is 36.7 Å². The van der Waals surface area contributed by atoms with Crippen LogP contribution in [0.4, 0.5) is 17.3 Å². The van der Waals surface area contributed by atoms with Gasteiger partial charge in [0.05, 0.1) is 10.5 Å². The number of nitrogens with one attached hydrogen (secondary N) is 4. The largest absolute Gasteiger partial charge is 0.356 e. The molecule has 0 saturated heterocycles. The van der Waals surface area contributed by atoms with Crippen LogP contribution in [-0.4, -0.2) is 31.7 Å². The van der Waals surface area contributed by atoms with E-state index in [0.717, 1.165) is 17.1 Å². The summed E-state index contributed by atoms with van der Waals surface area (Å²) in [4.78, 5) is 47.3. The van der Waals surface area contributed by atoms with E-state index in [1.54, 1.807) is 30.3 Å². The van der Waals surface area contributed by atoms with E-state index in [-0.39, 0.29) is 17.2 Å². The lowest BCUT2D eigenvalue weighted by molar-refractivity contribution is -0.383. The molecule has 0 spiro atoms. The molecule has 2 heterocycles. The molecule has 33 heavy (non-hydrogen) atoms. The fourth-order valence-corrected chi connectivity index (χ4v) is 3.03. The molecule has 0 fully saturated rings. The van der Waals surface area contributed by atoms with E-state index in [1.807, 2.05) is 18.2 Å². The molecule has 0 aliphatic rings. The van der Waals surface area contributed by atoms with Crippen LogP contribution in [0.15, 0.2) is 73.3 Å². The number of hydrogen-bond acceptors (Lipinski definition) is 9. The van der Waals surface area contributed by atoms with Gasteiger partial charge < -0.3 is 0 Å². The Morgan fingerprint density at radius 1 is 0.848 bits per heavy atom. The average molecular weight is 444 g/mol. The average Bonchev–Trinajstić information content (AvgIpc) is 2.85. The Labute approximate surface area is 186 Å². The maximum Gasteiger partial charge on any atom is 0.356 e. The minimum absolute atomic E-state index is 0.238. The lowest BCUT2D eigenvalue weighted by atomic mass is 10.0. The number of nitrogens with zero attached hydrogens (tertiary/aromatic N) is 4. The van der Waals surface area contributed by atoms with Crippen molar-refractivity contribution in [2.75, 3.05) is 10.9 Å². The van der Waals surface area contributed by atoms with E-state index in [4.69, 9.17) is 0 Å². The van der Waals surface area contributed by atoms with E-state index < -0.39 is 22.4 Å². The second kappa shape index (κ2) is 9.34. The zero-order chi connectivity index (χ0) is 23.2. The summed E-state index contributed by atoms with van der Waals surface area (Å²) in [6.07, 6.45) is 3.88. The number of carbonyl (C=O) groups excluding carboxylic acids is 2. The van der Waals surface area contributed by atoms with Crippen molar-refractivity contribution in [3.05, 3.63) is 94.6 Å². The Bertz CT molecular complexity index is 1340. The predicted octanol–water partition coefficient (Wildman–Crippen LogP) is 2.45. The van der Waals surface area contributed by atoms with E-state index in [0.29, 0.717) is 5.56 Å². The van der Waals surface area contributed by atoms with Gasteiger partial charge in [0.25, 0.3) is 11.8 Å². The van der Waals surface area contributed by atoms with E-state index >= 15 is 0 Å². The molecule has 2 aromatic carbocycles.